The molecule has 0 radical (unpaired) electrons. The first-order valence-electron chi connectivity index (χ1n) is 7.27. The Morgan fingerprint density at radius 2 is 2.13 bits per heavy atom. The molecule has 2 rings (SSSR count). The molecule has 9 heteroatoms. The van der Waals surface area contributed by atoms with Crippen LogP contribution in [0.3, 0.4) is 0 Å². The summed E-state index contributed by atoms with van der Waals surface area (Å²) in [6.07, 6.45) is 0.809. The summed E-state index contributed by atoms with van der Waals surface area (Å²) in [7, 11) is 0. The van der Waals surface area contributed by atoms with E-state index in [1.54, 1.807) is 11.6 Å². The van der Waals surface area contributed by atoms with Gasteiger partial charge < -0.3 is 10.6 Å². The Morgan fingerprint density at radius 3 is 2.83 bits per heavy atom. The summed E-state index contributed by atoms with van der Waals surface area (Å²) in [5.74, 6) is 0.245. The molecule has 1 aromatic heterocycles. The lowest BCUT2D eigenvalue weighted by atomic mass is 10.2. The van der Waals surface area contributed by atoms with Crippen LogP contribution >= 0.6 is 0 Å². The van der Waals surface area contributed by atoms with Gasteiger partial charge in [0.15, 0.2) is 5.82 Å². The standard InChI is InChI=1S/C14H19N7O2/c1-3-7-15-14(23)17-13(22)9-16-11-5-4-6-12(8-11)21-10(2)18-19-20-21/h4-6,8,16H,3,7,9H2,1-2H3,(H2,15,17,22,23). The molecule has 0 bridgehead atoms. The number of carbonyl (C=O) groups is 2. The molecule has 23 heavy (non-hydrogen) atoms. The summed E-state index contributed by atoms with van der Waals surface area (Å²) < 4.78 is 1.59. The molecule has 0 aliphatic carbocycles. The van der Waals surface area contributed by atoms with Crippen LogP contribution in [0.15, 0.2) is 24.3 Å². The molecule has 0 spiro atoms. The smallest absolute Gasteiger partial charge is 0.321 e. The number of nitrogens with zero attached hydrogens (tertiary/aromatic N) is 4. The molecule has 3 amide bonds. The Labute approximate surface area is 133 Å². The Balaban J connectivity index is 1.90. The third kappa shape index (κ3) is 4.77. The van der Waals surface area contributed by atoms with Crippen LogP contribution < -0.4 is 16.0 Å². The maximum atomic E-state index is 11.7. The first-order valence-corrected chi connectivity index (χ1v) is 7.27. The number of tetrazole rings is 1. The van der Waals surface area contributed by atoms with E-state index >= 15 is 0 Å². The molecule has 9 nitrogen and oxygen atoms in total. The summed E-state index contributed by atoms with van der Waals surface area (Å²) in [6, 6.07) is 6.82. The van der Waals surface area contributed by atoms with Gasteiger partial charge in [-0.15, -0.1) is 5.10 Å². The molecular weight excluding hydrogens is 298 g/mol. The fourth-order valence-corrected chi connectivity index (χ4v) is 1.85. The van der Waals surface area contributed by atoms with Gasteiger partial charge in [-0.25, -0.2) is 4.79 Å². The third-order valence-electron chi connectivity index (χ3n) is 2.96. The monoisotopic (exact) mass is 317 g/mol. The second-order valence-electron chi connectivity index (χ2n) is 4.85. The van der Waals surface area contributed by atoms with Crippen molar-refractivity contribution in [1.29, 1.82) is 0 Å². The molecule has 1 heterocycles. The van der Waals surface area contributed by atoms with Gasteiger partial charge in [-0.1, -0.05) is 13.0 Å². The van der Waals surface area contributed by atoms with E-state index in [4.69, 9.17) is 0 Å². The van der Waals surface area contributed by atoms with Crippen molar-refractivity contribution in [3.8, 4) is 5.69 Å². The minimum atomic E-state index is -0.489. The number of urea groups is 1. The van der Waals surface area contributed by atoms with E-state index in [1.807, 2.05) is 31.2 Å². The predicted molar refractivity (Wildman–Crippen MR) is 84.2 cm³/mol. The number of anilines is 1. The zero-order valence-electron chi connectivity index (χ0n) is 13.0. The average Bonchev–Trinajstić information content (AvgIpc) is 2.97. The number of hydrogen-bond donors (Lipinski definition) is 3. The van der Waals surface area contributed by atoms with Crippen molar-refractivity contribution in [2.24, 2.45) is 0 Å². The Hall–Kier alpha value is -2.97. The molecule has 0 saturated carbocycles. The third-order valence-corrected chi connectivity index (χ3v) is 2.96. The number of aromatic nitrogens is 4. The first kappa shape index (κ1) is 16.4. The summed E-state index contributed by atoms with van der Waals surface area (Å²) in [4.78, 5) is 23.1. The number of aryl methyl sites for hydroxylation is 1. The minimum absolute atomic E-state index is 0.0163. The molecule has 3 N–H and O–H groups in total. The van der Waals surface area contributed by atoms with E-state index in [-0.39, 0.29) is 6.54 Å². The molecule has 0 unspecified atom stereocenters. The highest BCUT2D eigenvalue weighted by Crippen LogP contribution is 2.14. The molecule has 0 saturated heterocycles. The van der Waals surface area contributed by atoms with Crippen LogP contribution in [0.1, 0.15) is 19.2 Å². The van der Waals surface area contributed by atoms with Gasteiger partial charge in [0.2, 0.25) is 5.91 Å². The molecule has 122 valence electrons. The molecule has 2 aromatic rings. The highest BCUT2D eigenvalue weighted by Gasteiger charge is 2.08. The largest absolute Gasteiger partial charge is 0.376 e. The fraction of sp³-hybridized carbons (Fsp3) is 0.357. The molecular formula is C14H19N7O2. The van der Waals surface area contributed by atoms with Crippen LogP contribution in [0.2, 0.25) is 0 Å². The van der Waals surface area contributed by atoms with E-state index in [1.165, 1.54) is 0 Å². The van der Waals surface area contributed by atoms with Crippen molar-refractivity contribution >= 4 is 17.6 Å². The van der Waals surface area contributed by atoms with Crippen molar-refractivity contribution in [3.05, 3.63) is 30.1 Å². The lowest BCUT2D eigenvalue weighted by molar-refractivity contribution is -0.118. The van der Waals surface area contributed by atoms with Gasteiger partial charge in [0.25, 0.3) is 0 Å². The van der Waals surface area contributed by atoms with Crippen molar-refractivity contribution in [1.82, 2.24) is 30.8 Å². The highest BCUT2D eigenvalue weighted by atomic mass is 16.2. The molecule has 1 aromatic carbocycles. The SMILES string of the molecule is CCCNC(=O)NC(=O)CNc1cccc(-n2nnnc2C)c1. The second-order valence-corrected chi connectivity index (χ2v) is 4.85. The van der Waals surface area contributed by atoms with E-state index < -0.39 is 11.9 Å². The van der Waals surface area contributed by atoms with Crippen LogP contribution in [-0.4, -0.2) is 45.2 Å². The lowest BCUT2D eigenvalue weighted by Crippen LogP contribution is -2.42. The second kappa shape index (κ2) is 7.87. The normalized spacial score (nSPS) is 10.2. The number of carbonyl (C=O) groups excluding carboxylic acids is 2. The van der Waals surface area contributed by atoms with E-state index in [9.17, 15) is 9.59 Å². The van der Waals surface area contributed by atoms with Crippen LogP contribution in [0.25, 0.3) is 5.69 Å². The maximum absolute atomic E-state index is 11.7. The Kier molecular flexibility index (Phi) is 5.61. The zero-order valence-corrected chi connectivity index (χ0v) is 13.0. The van der Waals surface area contributed by atoms with E-state index in [0.29, 0.717) is 12.4 Å². The molecule has 0 aliphatic rings. The first-order chi connectivity index (χ1) is 11.1. The van der Waals surface area contributed by atoms with Crippen LogP contribution in [0, 0.1) is 6.92 Å². The number of rotatable bonds is 6. The molecule has 0 atom stereocenters. The van der Waals surface area contributed by atoms with E-state index in [2.05, 4.69) is 31.5 Å². The summed E-state index contributed by atoms with van der Waals surface area (Å²) in [6.45, 7) is 4.24. The summed E-state index contributed by atoms with van der Waals surface area (Å²) in [5.41, 5.74) is 1.50. The van der Waals surface area contributed by atoms with E-state index in [0.717, 1.165) is 17.8 Å². The number of nitrogens with one attached hydrogen (secondary N) is 3. The minimum Gasteiger partial charge on any atom is -0.376 e. The van der Waals surface area contributed by atoms with Crippen LogP contribution in [0.4, 0.5) is 10.5 Å². The van der Waals surface area contributed by atoms with Gasteiger partial charge in [0.05, 0.1) is 12.2 Å². The van der Waals surface area contributed by atoms with Crippen molar-refractivity contribution in [2.45, 2.75) is 20.3 Å². The van der Waals surface area contributed by atoms with Gasteiger partial charge in [-0.05, 0) is 42.0 Å². The van der Waals surface area contributed by atoms with Gasteiger partial charge in [0.1, 0.15) is 0 Å². The lowest BCUT2D eigenvalue weighted by Gasteiger charge is -2.09. The van der Waals surface area contributed by atoms with Crippen LogP contribution in [-0.2, 0) is 4.79 Å². The maximum Gasteiger partial charge on any atom is 0.321 e. The van der Waals surface area contributed by atoms with Crippen molar-refractivity contribution in [2.75, 3.05) is 18.4 Å². The predicted octanol–water partition coefficient (Wildman–Crippen LogP) is 0.618. The Morgan fingerprint density at radius 1 is 1.30 bits per heavy atom. The van der Waals surface area contributed by atoms with Crippen molar-refractivity contribution in [3.63, 3.8) is 0 Å². The number of amides is 3. The quantitative estimate of drug-likeness (QED) is 0.719. The van der Waals surface area contributed by atoms with Crippen molar-refractivity contribution < 1.29 is 9.59 Å². The van der Waals surface area contributed by atoms with Gasteiger partial charge in [-0.3, -0.25) is 10.1 Å². The highest BCUT2D eigenvalue weighted by molar-refractivity contribution is 5.96. The zero-order chi connectivity index (χ0) is 16.7. The fourth-order valence-electron chi connectivity index (χ4n) is 1.85. The topological polar surface area (TPSA) is 114 Å². The number of benzene rings is 1. The summed E-state index contributed by atoms with van der Waals surface area (Å²) in [5, 5.41) is 19.1. The van der Waals surface area contributed by atoms with Gasteiger partial charge in [0, 0.05) is 12.2 Å². The molecule has 0 fully saturated rings. The number of imide groups is 1. The number of hydrogen-bond acceptors (Lipinski definition) is 6. The summed E-state index contributed by atoms with van der Waals surface area (Å²) >= 11 is 0. The average molecular weight is 317 g/mol. The molecule has 0 aliphatic heterocycles. The van der Waals surface area contributed by atoms with Crippen LogP contribution in [0.5, 0.6) is 0 Å². The van der Waals surface area contributed by atoms with Gasteiger partial charge >= 0.3 is 6.03 Å². The van der Waals surface area contributed by atoms with Gasteiger partial charge in [-0.2, -0.15) is 4.68 Å². The Bertz CT molecular complexity index is 683.